The third kappa shape index (κ3) is 7.13. The number of rotatable bonds is 9. The second kappa shape index (κ2) is 15.1. The molecule has 8 rings (SSSR count). The predicted molar refractivity (Wildman–Crippen MR) is 223 cm³/mol. The summed E-state index contributed by atoms with van der Waals surface area (Å²) in [6, 6.07) is 55.7. The van der Waals surface area contributed by atoms with Crippen LogP contribution in [0.3, 0.4) is 0 Å². The van der Waals surface area contributed by atoms with Gasteiger partial charge in [-0.15, -0.1) is 0 Å². The molecule has 0 aromatic heterocycles. The van der Waals surface area contributed by atoms with Gasteiger partial charge in [-0.25, -0.2) is 0 Å². The first-order valence-corrected chi connectivity index (χ1v) is 18.7. The van der Waals surface area contributed by atoms with Gasteiger partial charge < -0.3 is 4.90 Å². The lowest BCUT2D eigenvalue weighted by molar-refractivity contribution is 0.642. The van der Waals surface area contributed by atoms with Crippen LogP contribution in [0.25, 0.3) is 23.3 Å². The molecule has 1 heteroatoms. The van der Waals surface area contributed by atoms with Crippen LogP contribution in [0, 0.1) is 13.8 Å². The van der Waals surface area contributed by atoms with Crippen molar-refractivity contribution in [1.82, 2.24) is 0 Å². The Morgan fingerprint density at radius 3 is 1.58 bits per heavy atom. The summed E-state index contributed by atoms with van der Waals surface area (Å²) in [4.78, 5) is 2.61. The summed E-state index contributed by atoms with van der Waals surface area (Å²) >= 11 is 0. The molecular weight excluding hydrogens is 627 g/mol. The molecule has 1 heterocycles. The second-order valence-corrected chi connectivity index (χ2v) is 14.2. The van der Waals surface area contributed by atoms with E-state index in [1.807, 2.05) is 0 Å². The average Bonchev–Trinajstić information content (AvgIpc) is 3.78. The van der Waals surface area contributed by atoms with Gasteiger partial charge in [0, 0.05) is 23.3 Å². The van der Waals surface area contributed by atoms with E-state index < -0.39 is 0 Å². The third-order valence-electron chi connectivity index (χ3n) is 10.7. The largest absolute Gasteiger partial charge is 0.338 e. The van der Waals surface area contributed by atoms with Crippen LogP contribution < -0.4 is 4.90 Å². The topological polar surface area (TPSA) is 3.24 Å². The summed E-state index contributed by atoms with van der Waals surface area (Å²) in [5.41, 5.74) is 16.5. The molecule has 2 unspecified atom stereocenters. The first-order chi connectivity index (χ1) is 25.6. The monoisotopic (exact) mass is 671 g/mol. The number of fused-ring (bicyclic) bond motifs is 3. The summed E-state index contributed by atoms with van der Waals surface area (Å²) in [5.74, 6) is 0.578. The normalized spacial score (nSPS) is 17.2. The molecule has 52 heavy (non-hydrogen) atoms. The lowest BCUT2D eigenvalue weighted by atomic mass is 9.95. The number of hydrogen-bond donors (Lipinski definition) is 0. The number of aryl methyl sites for hydroxylation is 2. The van der Waals surface area contributed by atoms with Crippen molar-refractivity contribution in [2.75, 3.05) is 4.90 Å². The highest BCUT2D eigenvalue weighted by Crippen LogP contribution is 2.52. The van der Waals surface area contributed by atoms with Crippen LogP contribution in [0.5, 0.6) is 0 Å². The van der Waals surface area contributed by atoms with Crippen LogP contribution in [0.4, 0.5) is 11.4 Å². The molecule has 2 atom stereocenters. The van der Waals surface area contributed by atoms with Crippen LogP contribution in [0.15, 0.2) is 176 Å². The van der Waals surface area contributed by atoms with Gasteiger partial charge in [0.25, 0.3) is 0 Å². The molecule has 6 aromatic carbocycles. The minimum atomic E-state index is 0.521. The maximum absolute atomic E-state index is 2.61. The van der Waals surface area contributed by atoms with Crippen LogP contribution in [0.1, 0.15) is 75.3 Å². The summed E-state index contributed by atoms with van der Waals surface area (Å²) in [6.07, 6.45) is 17.1. The molecule has 6 aromatic rings. The van der Waals surface area contributed by atoms with Crippen LogP contribution in [-0.2, 0) is 0 Å². The number of allylic oxidation sites excluding steroid dienone is 4. The zero-order chi connectivity index (χ0) is 35.3. The highest BCUT2D eigenvalue weighted by Gasteiger charge is 2.42. The van der Waals surface area contributed by atoms with Crippen LogP contribution in [-0.4, -0.2) is 6.04 Å². The molecule has 0 saturated heterocycles. The molecule has 1 aliphatic carbocycles. The van der Waals surface area contributed by atoms with Crippen molar-refractivity contribution >= 4 is 34.7 Å². The lowest BCUT2D eigenvalue weighted by Gasteiger charge is -2.27. The zero-order valence-electron chi connectivity index (χ0n) is 30.1. The number of benzene rings is 6. The van der Waals surface area contributed by atoms with E-state index in [0.29, 0.717) is 12.0 Å². The summed E-state index contributed by atoms with van der Waals surface area (Å²) in [6.45, 7) is 4.27. The predicted octanol–water partition coefficient (Wildman–Crippen LogP) is 13.4. The van der Waals surface area contributed by atoms with Gasteiger partial charge in [0.05, 0.1) is 0 Å². The van der Waals surface area contributed by atoms with Crippen molar-refractivity contribution < 1.29 is 0 Å². The fourth-order valence-corrected chi connectivity index (χ4v) is 7.99. The second-order valence-electron chi connectivity index (χ2n) is 14.2. The quantitative estimate of drug-likeness (QED) is 0.138. The number of anilines is 2. The standard InChI is InChI=1S/C51H45N/c1-37-22-29-43(30-23-37)46(41-14-5-3-6-15-41)18-9-12-39-26-33-45(34-27-39)52-50-21-11-20-48(50)49-36-40(28-35-51(49)52)13-10-19-47(42-16-7-4-8-17-42)44-31-24-38(2)25-32-44/h3-10,12-19,22-36,48,50H,11,20-21H2,1-2H3/b12-9+,13-10+,46-18+,47-19+. The fraction of sp³-hybridized carbons (Fsp3) is 0.137. The molecule has 0 radical (unpaired) electrons. The van der Waals surface area contributed by atoms with E-state index in [2.05, 4.69) is 207 Å². The molecule has 0 bridgehead atoms. The lowest BCUT2D eigenvalue weighted by Crippen LogP contribution is -2.26. The molecule has 0 amide bonds. The van der Waals surface area contributed by atoms with E-state index in [1.54, 1.807) is 0 Å². The van der Waals surface area contributed by atoms with Gasteiger partial charge in [-0.05, 0) is 101 Å². The average molecular weight is 672 g/mol. The molecule has 0 spiro atoms. The molecule has 1 saturated carbocycles. The van der Waals surface area contributed by atoms with Gasteiger partial charge in [0.1, 0.15) is 0 Å². The number of nitrogens with zero attached hydrogens (tertiary/aromatic N) is 1. The Labute approximate surface area is 309 Å². The summed E-state index contributed by atoms with van der Waals surface area (Å²) < 4.78 is 0. The van der Waals surface area contributed by atoms with E-state index in [9.17, 15) is 0 Å². The summed E-state index contributed by atoms with van der Waals surface area (Å²) in [7, 11) is 0. The smallest absolute Gasteiger partial charge is 0.0450 e. The van der Waals surface area contributed by atoms with E-state index in [0.717, 1.165) is 0 Å². The summed E-state index contributed by atoms with van der Waals surface area (Å²) in [5, 5.41) is 0. The highest BCUT2D eigenvalue weighted by atomic mass is 15.2. The SMILES string of the molecule is Cc1ccc(/C(=C/C=C/c2ccc(N3c4ccc(/C=C/C=C(\c5ccccc5)c5ccc(C)cc5)cc4C4CCCC43)cc2)c2ccccc2)cc1. The van der Waals surface area contributed by atoms with Crippen molar-refractivity contribution in [3.63, 3.8) is 0 Å². The van der Waals surface area contributed by atoms with Gasteiger partial charge in [-0.1, -0.05) is 181 Å². The molecule has 1 nitrogen and oxygen atoms in total. The first kappa shape index (κ1) is 33.2. The van der Waals surface area contributed by atoms with Crippen molar-refractivity contribution in [2.45, 2.75) is 45.1 Å². The van der Waals surface area contributed by atoms with Crippen molar-refractivity contribution in [2.24, 2.45) is 0 Å². The number of hydrogen-bond acceptors (Lipinski definition) is 1. The zero-order valence-corrected chi connectivity index (χ0v) is 30.1. The Hall–Kier alpha value is -5.92. The van der Waals surface area contributed by atoms with Crippen LogP contribution in [0.2, 0.25) is 0 Å². The van der Waals surface area contributed by atoms with Gasteiger partial charge in [0.2, 0.25) is 0 Å². The maximum atomic E-state index is 2.61. The minimum absolute atomic E-state index is 0.521. The molecule has 1 fully saturated rings. The molecule has 2 aliphatic rings. The van der Waals surface area contributed by atoms with Crippen molar-refractivity contribution in [3.05, 3.63) is 226 Å². The molecule has 1 aliphatic heterocycles. The minimum Gasteiger partial charge on any atom is -0.338 e. The van der Waals surface area contributed by atoms with E-state index >= 15 is 0 Å². The Kier molecular flexibility index (Phi) is 9.67. The van der Waals surface area contributed by atoms with E-state index in [-0.39, 0.29) is 0 Å². The van der Waals surface area contributed by atoms with Crippen LogP contribution >= 0.6 is 0 Å². The van der Waals surface area contributed by atoms with Gasteiger partial charge in [-0.2, -0.15) is 0 Å². The maximum Gasteiger partial charge on any atom is 0.0450 e. The highest BCUT2D eigenvalue weighted by molar-refractivity contribution is 5.83. The Balaban J connectivity index is 1.03. The van der Waals surface area contributed by atoms with Crippen molar-refractivity contribution in [3.8, 4) is 0 Å². The van der Waals surface area contributed by atoms with Gasteiger partial charge in [-0.3, -0.25) is 0 Å². The Morgan fingerprint density at radius 2 is 1.02 bits per heavy atom. The third-order valence-corrected chi connectivity index (χ3v) is 10.7. The van der Waals surface area contributed by atoms with E-state index in [4.69, 9.17) is 0 Å². The molecule has 254 valence electrons. The van der Waals surface area contributed by atoms with Crippen molar-refractivity contribution in [1.29, 1.82) is 0 Å². The molecule has 0 N–H and O–H groups in total. The van der Waals surface area contributed by atoms with Gasteiger partial charge >= 0.3 is 0 Å². The molecular formula is C51H45N. The Bertz CT molecular complexity index is 2250. The first-order valence-electron chi connectivity index (χ1n) is 18.7. The van der Waals surface area contributed by atoms with Gasteiger partial charge in [0.15, 0.2) is 0 Å². The fourth-order valence-electron chi connectivity index (χ4n) is 7.99. The Morgan fingerprint density at radius 1 is 0.519 bits per heavy atom. The van der Waals surface area contributed by atoms with E-state index in [1.165, 1.54) is 91.9 Å².